The molecule has 0 aliphatic heterocycles. The number of nitrogens with zero attached hydrogens (tertiary/aromatic N) is 1. The van der Waals surface area contributed by atoms with E-state index in [1.165, 1.54) is 44.7 Å². The van der Waals surface area contributed by atoms with Gasteiger partial charge in [-0.25, -0.2) is 12.8 Å². The molecular formula is C19H17FN2O4S. The highest BCUT2D eigenvalue weighted by molar-refractivity contribution is 7.92. The summed E-state index contributed by atoms with van der Waals surface area (Å²) in [5.74, 6) is 0.217. The number of pyridine rings is 1. The Morgan fingerprint density at radius 1 is 0.926 bits per heavy atom. The zero-order chi connectivity index (χ0) is 19.4. The van der Waals surface area contributed by atoms with Crippen molar-refractivity contribution in [3.8, 4) is 22.6 Å². The number of nitrogens with one attached hydrogen (secondary N) is 1. The van der Waals surface area contributed by atoms with Gasteiger partial charge in [-0.15, -0.1) is 0 Å². The molecule has 1 aromatic heterocycles. The lowest BCUT2D eigenvalue weighted by atomic mass is 10.1. The summed E-state index contributed by atoms with van der Waals surface area (Å²) >= 11 is 0. The van der Waals surface area contributed by atoms with Crippen LogP contribution in [0.25, 0.3) is 11.1 Å². The predicted molar refractivity (Wildman–Crippen MR) is 100.0 cm³/mol. The predicted octanol–water partition coefficient (Wildman–Crippen LogP) is 3.71. The Labute approximate surface area is 156 Å². The van der Waals surface area contributed by atoms with Gasteiger partial charge >= 0.3 is 0 Å². The van der Waals surface area contributed by atoms with Crippen LogP contribution in [0.15, 0.2) is 65.8 Å². The maximum Gasteiger partial charge on any atom is 0.265 e. The zero-order valence-corrected chi connectivity index (χ0v) is 15.5. The first-order chi connectivity index (χ1) is 12.9. The minimum Gasteiger partial charge on any atom is -0.497 e. The van der Waals surface area contributed by atoms with Crippen LogP contribution < -0.4 is 14.2 Å². The van der Waals surface area contributed by atoms with E-state index >= 15 is 0 Å². The molecule has 3 rings (SSSR count). The fourth-order valence-corrected chi connectivity index (χ4v) is 3.72. The summed E-state index contributed by atoms with van der Waals surface area (Å²) in [7, 11) is -1.12. The Balaban J connectivity index is 1.95. The molecule has 3 aromatic rings. The Bertz CT molecular complexity index is 1050. The fourth-order valence-electron chi connectivity index (χ4n) is 2.50. The van der Waals surface area contributed by atoms with Gasteiger partial charge in [0.25, 0.3) is 10.0 Å². The van der Waals surface area contributed by atoms with E-state index in [4.69, 9.17) is 9.47 Å². The van der Waals surface area contributed by atoms with Crippen LogP contribution in [0.1, 0.15) is 0 Å². The highest BCUT2D eigenvalue weighted by Crippen LogP contribution is 2.30. The molecule has 0 amide bonds. The molecule has 1 heterocycles. The Kier molecular flexibility index (Phi) is 5.27. The third-order valence-electron chi connectivity index (χ3n) is 3.83. The summed E-state index contributed by atoms with van der Waals surface area (Å²) in [6.45, 7) is 0. The smallest absolute Gasteiger partial charge is 0.265 e. The van der Waals surface area contributed by atoms with Crippen molar-refractivity contribution in [1.82, 2.24) is 4.98 Å². The van der Waals surface area contributed by atoms with Crippen LogP contribution in [-0.2, 0) is 10.0 Å². The van der Waals surface area contributed by atoms with Crippen LogP contribution in [0.2, 0.25) is 0 Å². The molecule has 8 heteroatoms. The first-order valence-corrected chi connectivity index (χ1v) is 9.37. The summed E-state index contributed by atoms with van der Waals surface area (Å²) < 4.78 is 51.5. The molecule has 2 aromatic carbocycles. The van der Waals surface area contributed by atoms with E-state index in [-0.39, 0.29) is 22.1 Å². The summed E-state index contributed by atoms with van der Waals surface area (Å²) in [5.41, 5.74) is 1.62. The number of halogens is 1. The molecule has 0 atom stereocenters. The van der Waals surface area contributed by atoms with E-state index in [0.29, 0.717) is 16.9 Å². The molecule has 0 saturated heterocycles. The van der Waals surface area contributed by atoms with Gasteiger partial charge in [-0.3, -0.25) is 9.71 Å². The number of anilines is 1. The second-order valence-electron chi connectivity index (χ2n) is 5.59. The van der Waals surface area contributed by atoms with Crippen LogP contribution in [0.4, 0.5) is 10.1 Å². The third-order valence-corrected chi connectivity index (χ3v) is 5.23. The van der Waals surface area contributed by atoms with E-state index < -0.39 is 10.0 Å². The maximum atomic E-state index is 13.1. The average molecular weight is 388 g/mol. The van der Waals surface area contributed by atoms with Gasteiger partial charge < -0.3 is 9.47 Å². The van der Waals surface area contributed by atoms with Gasteiger partial charge in [-0.2, -0.15) is 0 Å². The van der Waals surface area contributed by atoms with Gasteiger partial charge in [0.2, 0.25) is 0 Å². The van der Waals surface area contributed by atoms with Gasteiger partial charge in [-0.05, 0) is 35.9 Å². The molecule has 1 N–H and O–H groups in total. The normalized spacial score (nSPS) is 11.1. The average Bonchev–Trinajstić information content (AvgIpc) is 2.68. The summed E-state index contributed by atoms with van der Waals surface area (Å²) in [6.07, 6.45) is 2.95. The van der Waals surface area contributed by atoms with Crippen LogP contribution in [0, 0.1) is 5.82 Å². The number of hydrogen-bond acceptors (Lipinski definition) is 5. The quantitative estimate of drug-likeness (QED) is 0.697. The first kappa shape index (κ1) is 18.7. The van der Waals surface area contributed by atoms with Crippen molar-refractivity contribution in [3.05, 3.63) is 66.7 Å². The van der Waals surface area contributed by atoms with Crippen molar-refractivity contribution >= 4 is 15.7 Å². The number of ether oxygens (including phenoxy) is 2. The van der Waals surface area contributed by atoms with Crippen molar-refractivity contribution in [3.63, 3.8) is 0 Å². The molecule has 0 aliphatic rings. The second-order valence-corrected chi connectivity index (χ2v) is 7.24. The molecule has 0 saturated carbocycles. The highest BCUT2D eigenvalue weighted by Gasteiger charge is 2.21. The lowest BCUT2D eigenvalue weighted by Crippen LogP contribution is -2.14. The minimum absolute atomic E-state index is 0.0588. The first-order valence-electron chi connectivity index (χ1n) is 7.89. The Morgan fingerprint density at radius 2 is 1.67 bits per heavy atom. The van der Waals surface area contributed by atoms with Crippen molar-refractivity contribution < 1.29 is 22.3 Å². The molecule has 0 bridgehead atoms. The SMILES string of the molecule is COc1ccc(OC)c(S(=O)(=O)Nc2cncc(-c3ccc(F)cc3)c2)c1. The van der Waals surface area contributed by atoms with Gasteiger partial charge in [0, 0.05) is 17.8 Å². The lowest BCUT2D eigenvalue weighted by molar-refractivity contribution is 0.392. The molecule has 27 heavy (non-hydrogen) atoms. The van der Waals surface area contributed by atoms with E-state index in [9.17, 15) is 12.8 Å². The van der Waals surface area contributed by atoms with Crippen LogP contribution >= 0.6 is 0 Å². The lowest BCUT2D eigenvalue weighted by Gasteiger charge is -2.13. The Morgan fingerprint density at radius 3 is 2.33 bits per heavy atom. The fraction of sp³-hybridized carbons (Fsp3) is 0.105. The number of aromatic nitrogens is 1. The number of methoxy groups -OCH3 is 2. The van der Waals surface area contributed by atoms with Crippen LogP contribution in [-0.4, -0.2) is 27.6 Å². The van der Waals surface area contributed by atoms with Crippen molar-refractivity contribution in [1.29, 1.82) is 0 Å². The van der Waals surface area contributed by atoms with Crippen LogP contribution in [0.5, 0.6) is 11.5 Å². The monoisotopic (exact) mass is 388 g/mol. The van der Waals surface area contributed by atoms with E-state index in [1.54, 1.807) is 30.5 Å². The minimum atomic E-state index is -3.95. The molecule has 0 radical (unpaired) electrons. The summed E-state index contributed by atoms with van der Waals surface area (Å²) in [6, 6.07) is 11.9. The summed E-state index contributed by atoms with van der Waals surface area (Å²) in [5, 5.41) is 0. The molecule has 0 spiro atoms. The second kappa shape index (κ2) is 7.63. The largest absolute Gasteiger partial charge is 0.497 e. The molecule has 6 nitrogen and oxygen atoms in total. The van der Waals surface area contributed by atoms with E-state index in [0.717, 1.165) is 0 Å². The molecule has 140 valence electrons. The van der Waals surface area contributed by atoms with Gasteiger partial charge in [0.05, 0.1) is 26.1 Å². The van der Waals surface area contributed by atoms with Gasteiger partial charge in [0.1, 0.15) is 22.2 Å². The topological polar surface area (TPSA) is 77.5 Å². The highest BCUT2D eigenvalue weighted by atomic mass is 32.2. The van der Waals surface area contributed by atoms with Gasteiger partial charge in [-0.1, -0.05) is 12.1 Å². The standard InChI is InChI=1S/C19H17FN2O4S/c1-25-17-7-8-18(26-2)19(10-17)27(23,24)22-16-9-14(11-21-12-16)13-3-5-15(20)6-4-13/h3-12,22H,1-2H3. The molecule has 0 fully saturated rings. The van der Waals surface area contributed by atoms with Crippen molar-refractivity contribution in [2.75, 3.05) is 18.9 Å². The maximum absolute atomic E-state index is 13.1. The molecule has 0 aliphatic carbocycles. The van der Waals surface area contributed by atoms with Crippen LogP contribution in [0.3, 0.4) is 0 Å². The number of rotatable bonds is 6. The van der Waals surface area contributed by atoms with Crippen molar-refractivity contribution in [2.24, 2.45) is 0 Å². The third kappa shape index (κ3) is 4.17. The van der Waals surface area contributed by atoms with Gasteiger partial charge in [0.15, 0.2) is 0 Å². The van der Waals surface area contributed by atoms with E-state index in [2.05, 4.69) is 9.71 Å². The number of hydrogen-bond donors (Lipinski definition) is 1. The number of benzene rings is 2. The summed E-state index contributed by atoms with van der Waals surface area (Å²) in [4.78, 5) is 4.00. The molecule has 0 unspecified atom stereocenters. The number of sulfonamides is 1. The van der Waals surface area contributed by atoms with E-state index in [1.807, 2.05) is 0 Å². The zero-order valence-electron chi connectivity index (χ0n) is 14.6. The van der Waals surface area contributed by atoms with Crippen molar-refractivity contribution in [2.45, 2.75) is 4.90 Å². The Hall–Kier alpha value is -3.13. The molecular weight excluding hydrogens is 371 g/mol.